The van der Waals surface area contributed by atoms with E-state index in [9.17, 15) is 19.5 Å². The molecule has 1 saturated heterocycles. The first-order chi connectivity index (χ1) is 19.9. The fraction of sp³-hybridized carbons (Fsp3) is 0.344. The quantitative estimate of drug-likeness (QED) is 0.281. The van der Waals surface area contributed by atoms with Crippen LogP contribution >= 0.6 is 13.5 Å². The zero-order valence-corrected chi connectivity index (χ0v) is 24.5. The topological polar surface area (TPSA) is 114 Å². The molecule has 0 unspecified atom stereocenters. The third-order valence-corrected chi connectivity index (χ3v) is 8.31. The van der Waals surface area contributed by atoms with Gasteiger partial charge in [-0.05, 0) is 91.9 Å². The molecule has 0 radical (unpaired) electrons. The summed E-state index contributed by atoms with van der Waals surface area (Å²) in [5, 5.41) is 13.4. The van der Waals surface area contributed by atoms with E-state index in [1.54, 1.807) is 42.5 Å². The van der Waals surface area contributed by atoms with E-state index in [4.69, 9.17) is 9.15 Å². The van der Waals surface area contributed by atoms with Crippen LogP contribution < -0.4 is 11.1 Å². The Hall–Kier alpha value is -4.02. The minimum absolute atomic E-state index is 0. The number of ether oxygens (including phenoxy) is 1. The summed E-state index contributed by atoms with van der Waals surface area (Å²) >= 11 is 0. The molecule has 2 N–H and O–H groups in total. The first kappa shape index (κ1) is 29.5. The Bertz CT molecular complexity index is 1670. The minimum Gasteiger partial charge on any atom is -0.508 e. The molecule has 1 atom stereocenters. The van der Waals surface area contributed by atoms with Gasteiger partial charge in [0.15, 0.2) is 5.58 Å². The monoisotopic (exact) mass is 589 g/mol. The molecular weight excluding hydrogens is 554 g/mol. The number of oxazole rings is 1. The van der Waals surface area contributed by atoms with E-state index in [0.29, 0.717) is 36.0 Å². The molecule has 2 fully saturated rings. The molecule has 220 valence electrons. The van der Waals surface area contributed by atoms with E-state index in [1.807, 2.05) is 24.3 Å². The number of aromatic hydroxyl groups is 1. The fourth-order valence-electron chi connectivity index (χ4n) is 5.87. The molecule has 2 aliphatic rings. The van der Waals surface area contributed by atoms with Gasteiger partial charge in [-0.15, -0.1) is 0 Å². The maximum absolute atomic E-state index is 13.9. The number of nitrogens with zero attached hydrogens (tertiary/aromatic N) is 2. The summed E-state index contributed by atoms with van der Waals surface area (Å²) in [5.74, 6) is -0.851. The van der Waals surface area contributed by atoms with Gasteiger partial charge in [0.25, 0.3) is 0 Å². The predicted molar refractivity (Wildman–Crippen MR) is 163 cm³/mol. The van der Waals surface area contributed by atoms with Crippen molar-refractivity contribution in [3.05, 3.63) is 99.5 Å². The summed E-state index contributed by atoms with van der Waals surface area (Å²) in [6, 6.07) is 19.2. The van der Waals surface area contributed by atoms with Crippen LogP contribution in [0.3, 0.4) is 0 Å². The molecule has 3 aromatic carbocycles. The Morgan fingerprint density at radius 1 is 1.05 bits per heavy atom. The van der Waals surface area contributed by atoms with Crippen LogP contribution in [0.15, 0.2) is 75.9 Å². The van der Waals surface area contributed by atoms with Crippen LogP contribution in [0.25, 0.3) is 11.1 Å². The molecule has 1 aliphatic carbocycles. The normalized spacial score (nSPS) is 16.5. The highest BCUT2D eigenvalue weighted by Crippen LogP contribution is 2.49. The van der Waals surface area contributed by atoms with Gasteiger partial charge in [-0.3, -0.25) is 9.36 Å². The van der Waals surface area contributed by atoms with Crippen LogP contribution in [0.2, 0.25) is 0 Å². The number of fused-ring (bicyclic) bond motifs is 1. The fourth-order valence-corrected chi connectivity index (χ4v) is 5.87. The predicted octanol–water partition coefficient (Wildman–Crippen LogP) is 4.23. The van der Waals surface area contributed by atoms with Crippen molar-refractivity contribution in [2.24, 2.45) is 0 Å². The number of hydrogen-bond donors (Lipinski definition) is 2. The molecule has 1 saturated carbocycles. The second-order valence-corrected chi connectivity index (χ2v) is 11.0. The van der Waals surface area contributed by atoms with E-state index < -0.39 is 17.1 Å². The second-order valence-electron chi connectivity index (χ2n) is 11.0. The Balaban J connectivity index is 0.00000353. The smallest absolute Gasteiger partial charge is 0.420 e. The largest absolute Gasteiger partial charge is 0.508 e. The van der Waals surface area contributed by atoms with Crippen molar-refractivity contribution < 1.29 is 23.8 Å². The zero-order chi connectivity index (χ0) is 28.6. The van der Waals surface area contributed by atoms with Gasteiger partial charge in [-0.25, -0.2) is 9.59 Å². The number of carbonyl (C=O) groups excluding carboxylic acids is 2. The number of nitrogens with one attached hydrogen (secondary N) is 1. The molecule has 1 amide bonds. The molecule has 2 heterocycles. The van der Waals surface area contributed by atoms with Crippen molar-refractivity contribution >= 4 is 36.5 Å². The lowest BCUT2D eigenvalue weighted by Gasteiger charge is -2.27. The minimum atomic E-state index is -0.697. The van der Waals surface area contributed by atoms with E-state index >= 15 is 0 Å². The highest BCUT2D eigenvalue weighted by molar-refractivity contribution is 7.59. The van der Waals surface area contributed by atoms with Crippen LogP contribution in [0, 0.1) is 0 Å². The van der Waals surface area contributed by atoms with Gasteiger partial charge in [-0.2, -0.15) is 13.5 Å². The summed E-state index contributed by atoms with van der Waals surface area (Å²) in [5.41, 5.74) is 3.18. The average molecular weight is 590 g/mol. The Kier molecular flexibility index (Phi) is 8.47. The highest BCUT2D eigenvalue weighted by Gasteiger charge is 2.52. The molecule has 10 heteroatoms. The number of likely N-dealkylation sites (tertiary alicyclic amines) is 1. The first-order valence-corrected chi connectivity index (χ1v) is 14.0. The number of rotatable bonds is 9. The molecule has 9 nitrogen and oxygen atoms in total. The van der Waals surface area contributed by atoms with Gasteiger partial charge >= 0.3 is 11.7 Å². The van der Waals surface area contributed by atoms with Crippen LogP contribution in [-0.4, -0.2) is 53.2 Å². The molecular formula is C32H35N3O6S. The summed E-state index contributed by atoms with van der Waals surface area (Å²) in [6.45, 7) is 2.87. The van der Waals surface area contributed by atoms with Crippen LogP contribution in [0.5, 0.6) is 5.75 Å². The molecule has 1 aliphatic heterocycles. The van der Waals surface area contributed by atoms with E-state index in [-0.39, 0.29) is 37.7 Å². The summed E-state index contributed by atoms with van der Waals surface area (Å²) < 4.78 is 11.9. The summed E-state index contributed by atoms with van der Waals surface area (Å²) in [7, 11) is 1.33. The lowest BCUT2D eigenvalue weighted by Crippen LogP contribution is -2.41. The van der Waals surface area contributed by atoms with Crippen molar-refractivity contribution in [2.45, 2.75) is 43.7 Å². The van der Waals surface area contributed by atoms with Gasteiger partial charge < -0.3 is 24.5 Å². The Labute approximate surface area is 250 Å². The zero-order valence-electron chi connectivity index (χ0n) is 23.5. The number of hydrogen-bond acceptors (Lipinski definition) is 7. The van der Waals surface area contributed by atoms with Gasteiger partial charge in [0.05, 0.1) is 36.2 Å². The number of methoxy groups -OCH3 is 1. The second kappa shape index (κ2) is 12.1. The third kappa shape index (κ3) is 5.82. The van der Waals surface area contributed by atoms with Gasteiger partial charge in [-0.1, -0.05) is 30.3 Å². The number of benzene rings is 3. The molecule has 1 aromatic heterocycles. The Morgan fingerprint density at radius 3 is 2.52 bits per heavy atom. The number of phenols is 1. The number of amides is 1. The van der Waals surface area contributed by atoms with Gasteiger partial charge in [0.2, 0.25) is 5.91 Å². The van der Waals surface area contributed by atoms with Gasteiger partial charge in [0.1, 0.15) is 5.75 Å². The molecule has 0 bridgehead atoms. The molecule has 4 aromatic rings. The maximum atomic E-state index is 13.9. The van der Waals surface area contributed by atoms with Gasteiger partial charge in [0, 0.05) is 6.54 Å². The van der Waals surface area contributed by atoms with E-state index in [1.165, 1.54) is 11.7 Å². The van der Waals surface area contributed by atoms with Crippen molar-refractivity contribution in [2.75, 3.05) is 26.7 Å². The molecule has 42 heavy (non-hydrogen) atoms. The number of phenolic OH excluding ortho intramolecular Hbond substituents is 1. The lowest BCUT2D eigenvalue weighted by molar-refractivity contribution is -0.124. The van der Waals surface area contributed by atoms with Crippen LogP contribution in [0.4, 0.5) is 0 Å². The third-order valence-electron chi connectivity index (χ3n) is 8.31. The molecule has 6 rings (SSSR count). The van der Waals surface area contributed by atoms with Crippen LogP contribution in [-0.2, 0) is 21.5 Å². The lowest BCUT2D eigenvalue weighted by atomic mass is 9.93. The molecule has 0 spiro atoms. The number of aromatic nitrogens is 1. The standard InChI is InChI=1S/C32H33N3O6.H2S/c1-40-29(37)23-8-4-6-21(16-23)19-35-27-18-24(10-11-28(27)41-31(35)39)32(12-13-32)30(38)33-26(20-34-14-2-3-15-34)22-7-5-9-25(36)17-22;/h4-11,16-18,26,36H,2-3,12-15,19-20H2,1H3,(H,33,38);1H2/t26-;/m1./s1. The van der Waals surface area contributed by atoms with Crippen LogP contribution in [0.1, 0.15) is 58.8 Å². The maximum Gasteiger partial charge on any atom is 0.420 e. The SMILES string of the molecule is COC(=O)c1cccc(Cn2c(=O)oc3ccc(C4(C(=O)N[C@H](CN5CCCC5)c5cccc(O)c5)CC4)cc32)c1.S. The van der Waals surface area contributed by atoms with Crippen molar-refractivity contribution in [3.8, 4) is 5.75 Å². The van der Waals surface area contributed by atoms with E-state index in [0.717, 1.165) is 42.6 Å². The van der Waals surface area contributed by atoms with Crippen molar-refractivity contribution in [3.63, 3.8) is 0 Å². The highest BCUT2D eigenvalue weighted by atomic mass is 32.1. The first-order valence-electron chi connectivity index (χ1n) is 14.0. The summed E-state index contributed by atoms with van der Waals surface area (Å²) in [4.78, 5) is 41.1. The Morgan fingerprint density at radius 2 is 1.81 bits per heavy atom. The number of esters is 1. The van der Waals surface area contributed by atoms with Crippen molar-refractivity contribution in [1.82, 2.24) is 14.8 Å². The number of carbonyl (C=O) groups is 2. The van der Waals surface area contributed by atoms with E-state index in [2.05, 4.69) is 10.2 Å². The average Bonchev–Trinajstić information content (AvgIpc) is 3.53. The summed E-state index contributed by atoms with van der Waals surface area (Å²) in [6.07, 6.45) is 3.68. The van der Waals surface area contributed by atoms with Crippen molar-refractivity contribution in [1.29, 1.82) is 0 Å².